The number of nitrogens with one attached hydrogen (secondary N) is 1. The monoisotopic (exact) mass is 348 g/mol. The molecule has 108 valence electrons. The van der Waals surface area contributed by atoms with Crippen LogP contribution in [0.3, 0.4) is 0 Å². The van der Waals surface area contributed by atoms with Crippen LogP contribution in [0.4, 0.5) is 5.69 Å². The molecular formula is C15H13BrN2O3. The van der Waals surface area contributed by atoms with Crippen LogP contribution >= 0.6 is 15.9 Å². The Morgan fingerprint density at radius 3 is 2.52 bits per heavy atom. The first-order valence-electron chi connectivity index (χ1n) is 6.29. The SMILES string of the molecule is C[C@@H](NC(=O)c1ccc(Br)c([N+](=O)[O-])c1)c1ccccc1. The summed E-state index contributed by atoms with van der Waals surface area (Å²) in [6, 6.07) is 13.6. The van der Waals surface area contributed by atoms with Crippen molar-refractivity contribution in [2.45, 2.75) is 13.0 Å². The predicted octanol–water partition coefficient (Wildman–Crippen LogP) is 3.85. The van der Waals surface area contributed by atoms with Crippen LogP contribution in [0, 0.1) is 10.1 Å². The molecule has 0 aromatic heterocycles. The first-order chi connectivity index (χ1) is 9.99. The average molecular weight is 349 g/mol. The zero-order valence-corrected chi connectivity index (χ0v) is 12.8. The summed E-state index contributed by atoms with van der Waals surface area (Å²) in [6.07, 6.45) is 0. The van der Waals surface area contributed by atoms with Crippen molar-refractivity contribution in [3.8, 4) is 0 Å². The number of nitro groups is 1. The van der Waals surface area contributed by atoms with E-state index in [1.54, 1.807) is 6.07 Å². The predicted molar refractivity (Wildman–Crippen MR) is 83.1 cm³/mol. The topological polar surface area (TPSA) is 72.2 Å². The minimum Gasteiger partial charge on any atom is -0.346 e. The van der Waals surface area contributed by atoms with Crippen LogP contribution in [0.25, 0.3) is 0 Å². The lowest BCUT2D eigenvalue weighted by molar-refractivity contribution is -0.385. The van der Waals surface area contributed by atoms with E-state index in [-0.39, 0.29) is 23.2 Å². The molecule has 2 rings (SSSR count). The van der Waals surface area contributed by atoms with E-state index >= 15 is 0 Å². The van der Waals surface area contributed by atoms with Crippen molar-refractivity contribution < 1.29 is 9.72 Å². The molecule has 0 bridgehead atoms. The van der Waals surface area contributed by atoms with Gasteiger partial charge in [0, 0.05) is 11.6 Å². The van der Waals surface area contributed by atoms with Crippen molar-refractivity contribution in [3.05, 3.63) is 74.2 Å². The molecule has 0 saturated carbocycles. The maximum Gasteiger partial charge on any atom is 0.284 e. The Morgan fingerprint density at radius 1 is 1.24 bits per heavy atom. The first-order valence-corrected chi connectivity index (χ1v) is 7.08. The summed E-state index contributed by atoms with van der Waals surface area (Å²) in [6.45, 7) is 1.86. The molecule has 21 heavy (non-hydrogen) atoms. The van der Waals surface area contributed by atoms with E-state index in [0.29, 0.717) is 4.47 Å². The third-order valence-electron chi connectivity index (χ3n) is 3.05. The molecule has 1 N–H and O–H groups in total. The normalized spacial score (nSPS) is 11.7. The van der Waals surface area contributed by atoms with Crippen molar-refractivity contribution in [3.63, 3.8) is 0 Å². The van der Waals surface area contributed by atoms with E-state index < -0.39 is 4.92 Å². The summed E-state index contributed by atoms with van der Waals surface area (Å²) < 4.78 is 0.347. The summed E-state index contributed by atoms with van der Waals surface area (Å²) in [7, 11) is 0. The Bertz CT molecular complexity index is 674. The minimum atomic E-state index is -0.526. The summed E-state index contributed by atoms with van der Waals surface area (Å²) >= 11 is 3.09. The van der Waals surface area contributed by atoms with E-state index in [9.17, 15) is 14.9 Å². The molecule has 0 aliphatic heterocycles. The lowest BCUT2D eigenvalue weighted by Crippen LogP contribution is -2.26. The summed E-state index contributed by atoms with van der Waals surface area (Å²) in [5.74, 6) is -0.345. The minimum absolute atomic E-state index is 0.130. The van der Waals surface area contributed by atoms with Crippen LogP contribution in [0.15, 0.2) is 53.0 Å². The molecule has 0 aliphatic carbocycles. The van der Waals surface area contributed by atoms with Crippen molar-refractivity contribution >= 4 is 27.5 Å². The maximum atomic E-state index is 12.2. The largest absolute Gasteiger partial charge is 0.346 e. The lowest BCUT2D eigenvalue weighted by Gasteiger charge is -2.14. The van der Waals surface area contributed by atoms with Gasteiger partial charge in [-0.1, -0.05) is 30.3 Å². The zero-order chi connectivity index (χ0) is 15.4. The number of hydrogen-bond acceptors (Lipinski definition) is 3. The van der Waals surface area contributed by atoms with Gasteiger partial charge >= 0.3 is 0 Å². The molecule has 0 aliphatic rings. The number of halogens is 1. The van der Waals surface area contributed by atoms with Gasteiger partial charge in [0.2, 0.25) is 0 Å². The Morgan fingerprint density at radius 2 is 1.90 bits per heavy atom. The first kappa shape index (κ1) is 15.2. The highest BCUT2D eigenvalue weighted by molar-refractivity contribution is 9.10. The molecule has 5 nitrogen and oxygen atoms in total. The Hall–Kier alpha value is -2.21. The second kappa shape index (κ2) is 6.49. The second-order valence-electron chi connectivity index (χ2n) is 4.53. The molecule has 2 aromatic carbocycles. The molecule has 0 heterocycles. The van der Waals surface area contributed by atoms with Gasteiger partial charge in [0.25, 0.3) is 11.6 Å². The van der Waals surface area contributed by atoms with Gasteiger partial charge in [-0.15, -0.1) is 0 Å². The highest BCUT2D eigenvalue weighted by Crippen LogP contribution is 2.25. The third-order valence-corrected chi connectivity index (χ3v) is 3.72. The van der Waals surface area contributed by atoms with Gasteiger partial charge in [-0.05, 0) is 40.5 Å². The molecule has 2 aromatic rings. The number of nitro benzene ring substituents is 1. The molecule has 0 spiro atoms. The summed E-state index contributed by atoms with van der Waals surface area (Å²) in [5, 5.41) is 13.7. The number of carbonyl (C=O) groups excluding carboxylic acids is 1. The van der Waals surface area contributed by atoms with E-state index in [2.05, 4.69) is 21.2 Å². The molecular weight excluding hydrogens is 336 g/mol. The summed E-state index contributed by atoms with van der Waals surface area (Å²) in [5.41, 5.74) is 1.10. The third kappa shape index (κ3) is 3.66. The van der Waals surface area contributed by atoms with Crippen LogP contribution < -0.4 is 5.32 Å². The van der Waals surface area contributed by atoms with Crippen LogP contribution in [0.5, 0.6) is 0 Å². The van der Waals surface area contributed by atoms with Gasteiger partial charge in [0.1, 0.15) is 0 Å². The highest BCUT2D eigenvalue weighted by atomic mass is 79.9. The van der Waals surface area contributed by atoms with Crippen molar-refractivity contribution in [2.24, 2.45) is 0 Å². The van der Waals surface area contributed by atoms with Gasteiger partial charge in [0.05, 0.1) is 15.4 Å². The molecule has 0 fully saturated rings. The number of carbonyl (C=O) groups is 1. The van der Waals surface area contributed by atoms with Crippen LogP contribution in [-0.4, -0.2) is 10.8 Å². The Kier molecular flexibility index (Phi) is 4.70. The average Bonchev–Trinajstić information content (AvgIpc) is 2.48. The number of hydrogen-bond donors (Lipinski definition) is 1. The second-order valence-corrected chi connectivity index (χ2v) is 5.38. The van der Waals surface area contributed by atoms with Gasteiger partial charge in [0.15, 0.2) is 0 Å². The molecule has 0 unspecified atom stereocenters. The molecule has 1 amide bonds. The van der Waals surface area contributed by atoms with E-state index in [4.69, 9.17) is 0 Å². The van der Waals surface area contributed by atoms with E-state index in [1.165, 1.54) is 12.1 Å². The fourth-order valence-corrected chi connectivity index (χ4v) is 2.29. The number of nitrogens with zero attached hydrogens (tertiary/aromatic N) is 1. The molecule has 6 heteroatoms. The van der Waals surface area contributed by atoms with Gasteiger partial charge in [-0.25, -0.2) is 0 Å². The smallest absolute Gasteiger partial charge is 0.284 e. The number of benzene rings is 2. The highest BCUT2D eigenvalue weighted by Gasteiger charge is 2.17. The van der Waals surface area contributed by atoms with Crippen LogP contribution in [0.2, 0.25) is 0 Å². The maximum absolute atomic E-state index is 12.2. The lowest BCUT2D eigenvalue weighted by atomic mass is 10.1. The quantitative estimate of drug-likeness (QED) is 0.673. The van der Waals surface area contributed by atoms with Crippen LogP contribution in [-0.2, 0) is 0 Å². The fourth-order valence-electron chi connectivity index (χ4n) is 1.90. The molecule has 1 atom stereocenters. The Labute approximate surface area is 130 Å². The van der Waals surface area contributed by atoms with E-state index in [1.807, 2.05) is 37.3 Å². The summed E-state index contributed by atoms with van der Waals surface area (Å²) in [4.78, 5) is 22.5. The van der Waals surface area contributed by atoms with Crippen molar-refractivity contribution in [1.82, 2.24) is 5.32 Å². The van der Waals surface area contributed by atoms with Gasteiger partial charge in [-0.3, -0.25) is 14.9 Å². The fraction of sp³-hybridized carbons (Fsp3) is 0.133. The zero-order valence-electron chi connectivity index (χ0n) is 11.2. The standard InChI is InChI=1S/C15H13BrN2O3/c1-10(11-5-3-2-4-6-11)17-15(19)12-7-8-13(16)14(9-12)18(20)21/h2-10H,1H3,(H,17,19)/t10-/m1/s1. The van der Waals surface area contributed by atoms with Gasteiger partial charge in [-0.2, -0.15) is 0 Å². The Balaban J connectivity index is 2.17. The number of rotatable bonds is 4. The van der Waals surface area contributed by atoms with Gasteiger partial charge < -0.3 is 5.32 Å². The van der Waals surface area contributed by atoms with Crippen LogP contribution in [0.1, 0.15) is 28.9 Å². The van der Waals surface area contributed by atoms with E-state index in [0.717, 1.165) is 5.56 Å². The molecule has 0 saturated heterocycles. The van der Waals surface area contributed by atoms with Crippen molar-refractivity contribution in [1.29, 1.82) is 0 Å². The molecule has 0 radical (unpaired) electrons. The van der Waals surface area contributed by atoms with Crippen molar-refractivity contribution in [2.75, 3.05) is 0 Å². The number of amides is 1.